The largest absolute Gasteiger partial charge is 0.345 e. The molecule has 2 aliphatic rings. The van der Waals surface area contributed by atoms with Crippen LogP contribution in [0.2, 0.25) is 0 Å². The molecule has 2 saturated heterocycles. The zero-order valence-corrected chi connectivity index (χ0v) is 16.6. The Hall–Kier alpha value is -2.17. The third-order valence-corrected chi connectivity index (χ3v) is 5.40. The van der Waals surface area contributed by atoms with Gasteiger partial charge in [0.15, 0.2) is 9.84 Å². The lowest BCUT2D eigenvalue weighted by Crippen LogP contribution is -2.64. The minimum atomic E-state index is -3.42. The fourth-order valence-corrected chi connectivity index (χ4v) is 3.92. The van der Waals surface area contributed by atoms with Gasteiger partial charge in [0, 0.05) is 25.9 Å². The summed E-state index contributed by atoms with van der Waals surface area (Å²) < 4.78 is 34.4. The van der Waals surface area contributed by atoms with Gasteiger partial charge in [-0.15, -0.1) is 0 Å². The number of amides is 3. The fourth-order valence-electron chi connectivity index (χ4n) is 3.28. The number of ether oxygens (including phenoxy) is 2. The second-order valence-corrected chi connectivity index (χ2v) is 9.20. The zero-order valence-electron chi connectivity index (χ0n) is 15.8. The molecule has 28 heavy (non-hydrogen) atoms. The third-order valence-electron chi connectivity index (χ3n) is 4.63. The Morgan fingerprint density at radius 3 is 2.32 bits per heavy atom. The SMILES string of the molecule is CS(=O)(=O)CC(=O)N1CCOC2(C1)CN(C(=O)NCc1ccccc1)CCO2. The number of urea groups is 1. The second-order valence-electron chi connectivity index (χ2n) is 7.06. The molecule has 3 rings (SSSR count). The maximum Gasteiger partial charge on any atom is 0.317 e. The van der Waals surface area contributed by atoms with Gasteiger partial charge in [0.25, 0.3) is 0 Å². The topological polar surface area (TPSA) is 105 Å². The van der Waals surface area contributed by atoms with Gasteiger partial charge < -0.3 is 24.6 Å². The molecule has 3 amide bonds. The van der Waals surface area contributed by atoms with Crippen LogP contribution >= 0.6 is 0 Å². The van der Waals surface area contributed by atoms with Crippen molar-refractivity contribution in [2.45, 2.75) is 12.3 Å². The van der Waals surface area contributed by atoms with Gasteiger partial charge in [-0.2, -0.15) is 0 Å². The first-order chi connectivity index (χ1) is 13.3. The Labute approximate surface area is 164 Å². The van der Waals surface area contributed by atoms with Gasteiger partial charge in [-0.05, 0) is 5.56 Å². The maximum absolute atomic E-state index is 12.5. The summed E-state index contributed by atoms with van der Waals surface area (Å²) in [7, 11) is -3.42. The number of sulfone groups is 1. The predicted octanol–water partition coefficient (Wildman–Crippen LogP) is -0.172. The van der Waals surface area contributed by atoms with Crippen molar-refractivity contribution in [2.75, 3.05) is 51.4 Å². The number of nitrogens with one attached hydrogen (secondary N) is 1. The molecular formula is C18H25N3O6S. The summed E-state index contributed by atoms with van der Waals surface area (Å²) >= 11 is 0. The van der Waals surface area contributed by atoms with Crippen LogP contribution in [0.25, 0.3) is 0 Å². The molecule has 2 aliphatic heterocycles. The van der Waals surface area contributed by atoms with Crippen LogP contribution in [0.3, 0.4) is 0 Å². The Balaban J connectivity index is 1.59. The van der Waals surface area contributed by atoms with Crippen LogP contribution in [0.5, 0.6) is 0 Å². The highest BCUT2D eigenvalue weighted by molar-refractivity contribution is 7.91. The molecule has 10 heteroatoms. The van der Waals surface area contributed by atoms with Crippen LogP contribution in [0.1, 0.15) is 5.56 Å². The van der Waals surface area contributed by atoms with E-state index in [1.54, 1.807) is 4.90 Å². The molecule has 1 spiro atoms. The molecule has 1 aromatic rings. The molecule has 1 N–H and O–H groups in total. The average molecular weight is 411 g/mol. The van der Waals surface area contributed by atoms with E-state index >= 15 is 0 Å². The minimum Gasteiger partial charge on any atom is -0.345 e. The highest BCUT2D eigenvalue weighted by Crippen LogP contribution is 2.25. The molecule has 2 heterocycles. The maximum atomic E-state index is 12.5. The van der Waals surface area contributed by atoms with Gasteiger partial charge in [-0.25, -0.2) is 13.2 Å². The van der Waals surface area contributed by atoms with Gasteiger partial charge in [-0.3, -0.25) is 4.79 Å². The Bertz CT molecular complexity index is 812. The van der Waals surface area contributed by atoms with E-state index in [1.807, 2.05) is 30.3 Å². The summed E-state index contributed by atoms with van der Waals surface area (Å²) in [6.07, 6.45) is 1.02. The number of hydrogen-bond acceptors (Lipinski definition) is 6. The van der Waals surface area contributed by atoms with Crippen molar-refractivity contribution in [1.82, 2.24) is 15.1 Å². The first-order valence-electron chi connectivity index (χ1n) is 9.06. The van der Waals surface area contributed by atoms with Gasteiger partial charge >= 0.3 is 6.03 Å². The van der Waals surface area contributed by atoms with E-state index < -0.39 is 27.3 Å². The molecule has 0 aromatic heterocycles. The molecule has 0 radical (unpaired) electrons. The van der Waals surface area contributed by atoms with Crippen LogP contribution in [-0.2, 0) is 30.7 Å². The van der Waals surface area contributed by atoms with E-state index in [-0.39, 0.29) is 32.3 Å². The molecule has 154 valence electrons. The average Bonchev–Trinajstić information content (AvgIpc) is 2.66. The molecule has 2 fully saturated rings. The van der Waals surface area contributed by atoms with Crippen molar-refractivity contribution in [3.05, 3.63) is 35.9 Å². The highest BCUT2D eigenvalue weighted by Gasteiger charge is 2.44. The minimum absolute atomic E-state index is 0.0871. The normalized spacial score (nSPS) is 22.9. The van der Waals surface area contributed by atoms with E-state index in [0.29, 0.717) is 19.6 Å². The summed E-state index contributed by atoms with van der Waals surface area (Å²) in [5.74, 6) is -2.17. The van der Waals surface area contributed by atoms with Crippen LogP contribution in [0, 0.1) is 0 Å². The Morgan fingerprint density at radius 1 is 1.07 bits per heavy atom. The molecule has 1 aromatic carbocycles. The molecule has 0 aliphatic carbocycles. The van der Waals surface area contributed by atoms with Gasteiger partial charge in [0.2, 0.25) is 11.7 Å². The Kier molecular flexibility index (Phi) is 6.21. The lowest BCUT2D eigenvalue weighted by molar-refractivity contribution is -0.284. The number of benzene rings is 1. The van der Waals surface area contributed by atoms with Crippen molar-refractivity contribution < 1.29 is 27.5 Å². The van der Waals surface area contributed by atoms with Crippen LogP contribution in [0.15, 0.2) is 30.3 Å². The summed E-state index contributed by atoms with van der Waals surface area (Å²) in [6, 6.07) is 9.34. The lowest BCUT2D eigenvalue weighted by Gasteiger charge is -2.47. The molecule has 1 unspecified atom stereocenters. The Morgan fingerprint density at radius 2 is 1.68 bits per heavy atom. The molecular weight excluding hydrogens is 386 g/mol. The quantitative estimate of drug-likeness (QED) is 0.738. The fraction of sp³-hybridized carbons (Fsp3) is 0.556. The van der Waals surface area contributed by atoms with Gasteiger partial charge in [-0.1, -0.05) is 30.3 Å². The van der Waals surface area contributed by atoms with Crippen LogP contribution in [-0.4, -0.2) is 87.3 Å². The van der Waals surface area contributed by atoms with E-state index in [9.17, 15) is 18.0 Å². The van der Waals surface area contributed by atoms with E-state index in [0.717, 1.165) is 11.8 Å². The third kappa shape index (κ3) is 5.43. The van der Waals surface area contributed by atoms with Gasteiger partial charge in [0.05, 0.1) is 26.3 Å². The molecule has 9 nitrogen and oxygen atoms in total. The van der Waals surface area contributed by atoms with Crippen LogP contribution in [0.4, 0.5) is 4.79 Å². The van der Waals surface area contributed by atoms with Crippen molar-refractivity contribution in [2.24, 2.45) is 0 Å². The van der Waals surface area contributed by atoms with Crippen molar-refractivity contribution in [3.63, 3.8) is 0 Å². The standard InChI is InChI=1S/C18H25N3O6S/c1-28(24,25)12-16(22)20-7-9-26-18(13-20)14-21(8-10-27-18)17(23)19-11-15-5-3-2-4-6-15/h2-6H,7-14H2,1H3,(H,19,23). The van der Waals surface area contributed by atoms with Crippen molar-refractivity contribution >= 4 is 21.8 Å². The number of rotatable bonds is 4. The zero-order chi connectivity index (χ0) is 20.2. The number of morpholine rings is 2. The van der Waals surface area contributed by atoms with E-state index in [2.05, 4.69) is 5.32 Å². The van der Waals surface area contributed by atoms with E-state index in [4.69, 9.17) is 9.47 Å². The van der Waals surface area contributed by atoms with E-state index in [1.165, 1.54) is 4.90 Å². The lowest BCUT2D eigenvalue weighted by atomic mass is 10.1. The predicted molar refractivity (Wildman–Crippen MR) is 101 cm³/mol. The molecule has 0 bridgehead atoms. The molecule has 0 saturated carbocycles. The first kappa shape index (κ1) is 20.6. The second kappa shape index (κ2) is 8.46. The van der Waals surface area contributed by atoms with Crippen molar-refractivity contribution in [3.8, 4) is 0 Å². The van der Waals surface area contributed by atoms with Crippen molar-refractivity contribution in [1.29, 1.82) is 0 Å². The molecule has 1 atom stereocenters. The number of hydrogen-bond donors (Lipinski definition) is 1. The number of nitrogens with zero attached hydrogens (tertiary/aromatic N) is 2. The summed E-state index contributed by atoms with van der Waals surface area (Å²) in [6.45, 7) is 1.84. The summed E-state index contributed by atoms with van der Waals surface area (Å²) in [4.78, 5) is 27.8. The first-order valence-corrected chi connectivity index (χ1v) is 11.1. The highest BCUT2D eigenvalue weighted by atomic mass is 32.2. The van der Waals surface area contributed by atoms with Gasteiger partial charge in [0.1, 0.15) is 5.75 Å². The summed E-state index contributed by atoms with van der Waals surface area (Å²) in [5.41, 5.74) is 0.991. The smallest absolute Gasteiger partial charge is 0.317 e. The van der Waals surface area contributed by atoms with Crippen LogP contribution < -0.4 is 5.32 Å². The summed E-state index contributed by atoms with van der Waals surface area (Å²) in [5, 5.41) is 2.87. The number of carbonyl (C=O) groups is 2. The number of carbonyl (C=O) groups excluding carboxylic acids is 2. The monoisotopic (exact) mass is 411 g/mol.